The summed E-state index contributed by atoms with van der Waals surface area (Å²) in [5, 5.41) is 10.3. The Morgan fingerprint density at radius 1 is 1.33 bits per heavy atom. The van der Waals surface area contributed by atoms with Crippen molar-refractivity contribution in [2.75, 3.05) is 14.2 Å². The van der Waals surface area contributed by atoms with E-state index in [0.29, 0.717) is 11.6 Å². The first-order chi connectivity index (χ1) is 7.04. The Hall–Kier alpha value is -1.20. The van der Waals surface area contributed by atoms with Gasteiger partial charge in [0.2, 0.25) is 5.88 Å². The zero-order valence-electron chi connectivity index (χ0n) is 9.39. The minimum atomic E-state index is -1.23. The molecule has 1 aromatic rings. The minimum absolute atomic E-state index is 0.311. The van der Waals surface area contributed by atoms with Gasteiger partial charge < -0.3 is 14.6 Å². The van der Waals surface area contributed by atoms with E-state index < -0.39 is 11.7 Å². The van der Waals surface area contributed by atoms with Crippen molar-refractivity contribution in [2.24, 2.45) is 0 Å². The van der Waals surface area contributed by atoms with Gasteiger partial charge in [-0.05, 0) is 13.8 Å². The normalized spacial score (nSPS) is 16.9. The van der Waals surface area contributed by atoms with E-state index in [0.717, 1.165) is 0 Å². The van der Waals surface area contributed by atoms with Crippen LogP contribution >= 0.6 is 0 Å². The van der Waals surface area contributed by atoms with Gasteiger partial charge in [0.05, 0.1) is 13.2 Å². The molecule has 2 atom stereocenters. The van der Waals surface area contributed by atoms with Crippen LogP contribution in [-0.2, 0) is 10.3 Å². The molecule has 1 N–H and O–H groups in total. The number of aliphatic hydroxyl groups is 1. The molecule has 1 heterocycles. The van der Waals surface area contributed by atoms with Gasteiger partial charge in [-0.3, -0.25) is 4.98 Å². The highest BCUT2D eigenvalue weighted by molar-refractivity contribution is 5.24. The van der Waals surface area contributed by atoms with Crippen LogP contribution in [0.2, 0.25) is 0 Å². The number of nitrogens with zero attached hydrogens (tertiary/aromatic N) is 2. The van der Waals surface area contributed by atoms with Crippen LogP contribution in [0, 0.1) is 0 Å². The van der Waals surface area contributed by atoms with E-state index in [9.17, 15) is 5.11 Å². The maximum Gasteiger partial charge on any atom is 0.238 e. The third kappa shape index (κ3) is 2.24. The molecule has 0 amide bonds. The van der Waals surface area contributed by atoms with Crippen LogP contribution < -0.4 is 4.74 Å². The summed E-state index contributed by atoms with van der Waals surface area (Å²) < 4.78 is 10.1. The summed E-state index contributed by atoms with van der Waals surface area (Å²) in [4.78, 5) is 8.05. The fourth-order valence-electron chi connectivity index (χ4n) is 1.24. The van der Waals surface area contributed by atoms with Crippen LogP contribution in [0.4, 0.5) is 0 Å². The van der Waals surface area contributed by atoms with Crippen LogP contribution in [0.3, 0.4) is 0 Å². The summed E-state index contributed by atoms with van der Waals surface area (Å²) in [5.74, 6) is 0.311. The van der Waals surface area contributed by atoms with E-state index in [-0.39, 0.29) is 0 Å². The molecule has 0 aliphatic carbocycles. The smallest absolute Gasteiger partial charge is 0.238 e. The van der Waals surface area contributed by atoms with Gasteiger partial charge in [0.25, 0.3) is 0 Å². The third-order valence-corrected chi connectivity index (χ3v) is 2.48. The average molecular weight is 212 g/mol. The van der Waals surface area contributed by atoms with Crippen LogP contribution in [-0.4, -0.2) is 35.4 Å². The largest absolute Gasteiger partial charge is 0.480 e. The van der Waals surface area contributed by atoms with Crippen molar-refractivity contribution < 1.29 is 14.6 Å². The fourth-order valence-corrected chi connectivity index (χ4v) is 1.24. The molecular formula is C10H16N2O3. The monoisotopic (exact) mass is 212 g/mol. The predicted molar refractivity (Wildman–Crippen MR) is 54.6 cm³/mol. The topological polar surface area (TPSA) is 64.5 Å². The van der Waals surface area contributed by atoms with Crippen LogP contribution in [0.1, 0.15) is 19.5 Å². The molecule has 0 fully saturated rings. The molecule has 0 saturated heterocycles. The second kappa shape index (κ2) is 4.55. The molecule has 1 rings (SSSR count). The van der Waals surface area contributed by atoms with E-state index in [1.807, 2.05) is 0 Å². The quantitative estimate of drug-likeness (QED) is 0.797. The van der Waals surface area contributed by atoms with Crippen molar-refractivity contribution >= 4 is 0 Å². The van der Waals surface area contributed by atoms with Crippen LogP contribution in [0.15, 0.2) is 12.4 Å². The number of aromatic nitrogens is 2. The average Bonchev–Trinajstić information content (AvgIpc) is 2.27. The van der Waals surface area contributed by atoms with E-state index in [1.165, 1.54) is 26.6 Å². The van der Waals surface area contributed by atoms with Crippen molar-refractivity contribution in [1.29, 1.82) is 0 Å². The number of hydrogen-bond donors (Lipinski definition) is 1. The Balaban J connectivity index is 3.13. The summed E-state index contributed by atoms with van der Waals surface area (Å²) in [6.07, 6.45) is 2.62. The highest BCUT2D eigenvalue weighted by atomic mass is 16.5. The first kappa shape index (κ1) is 11.9. The lowest BCUT2D eigenvalue weighted by atomic mass is 9.96. The zero-order chi connectivity index (χ0) is 11.5. The standard InChI is InChI=1S/C10H16N2O3/c1-7(14-3)10(2,13)8-9(15-4)12-6-5-11-8/h5-7,13H,1-4H3. The summed E-state index contributed by atoms with van der Waals surface area (Å²) in [7, 11) is 3.02. The molecule has 0 spiro atoms. The van der Waals surface area contributed by atoms with Crippen LogP contribution in [0.5, 0.6) is 5.88 Å². The maximum absolute atomic E-state index is 10.3. The predicted octanol–water partition coefficient (Wildman–Crippen LogP) is 0.728. The van der Waals surface area contributed by atoms with Gasteiger partial charge in [0, 0.05) is 19.5 Å². The molecule has 0 aliphatic heterocycles. The molecule has 84 valence electrons. The lowest BCUT2D eigenvalue weighted by Gasteiger charge is -2.28. The van der Waals surface area contributed by atoms with Crippen LogP contribution in [0.25, 0.3) is 0 Å². The number of ether oxygens (including phenoxy) is 2. The van der Waals surface area contributed by atoms with Gasteiger partial charge in [0.15, 0.2) is 0 Å². The van der Waals surface area contributed by atoms with E-state index in [1.54, 1.807) is 13.8 Å². The van der Waals surface area contributed by atoms with Gasteiger partial charge >= 0.3 is 0 Å². The fraction of sp³-hybridized carbons (Fsp3) is 0.600. The van der Waals surface area contributed by atoms with Gasteiger partial charge in [-0.1, -0.05) is 0 Å². The Morgan fingerprint density at radius 2 is 1.93 bits per heavy atom. The third-order valence-electron chi connectivity index (χ3n) is 2.48. The first-order valence-electron chi connectivity index (χ1n) is 4.64. The molecule has 15 heavy (non-hydrogen) atoms. The summed E-state index contributed by atoms with van der Waals surface area (Å²) in [6.45, 7) is 3.38. The van der Waals surface area contributed by atoms with Crippen molar-refractivity contribution in [3.05, 3.63) is 18.1 Å². The Kier molecular flexibility index (Phi) is 3.60. The molecule has 2 unspecified atom stereocenters. The molecule has 5 nitrogen and oxygen atoms in total. The first-order valence-corrected chi connectivity index (χ1v) is 4.64. The van der Waals surface area contributed by atoms with Crippen molar-refractivity contribution in [3.8, 4) is 5.88 Å². The van der Waals surface area contributed by atoms with E-state index in [2.05, 4.69) is 9.97 Å². The van der Waals surface area contributed by atoms with E-state index in [4.69, 9.17) is 9.47 Å². The highest BCUT2D eigenvalue weighted by Gasteiger charge is 2.35. The summed E-state index contributed by atoms with van der Waals surface area (Å²) >= 11 is 0. The lowest BCUT2D eigenvalue weighted by molar-refractivity contribution is -0.0812. The molecule has 5 heteroatoms. The minimum Gasteiger partial charge on any atom is -0.480 e. The second-order valence-corrected chi connectivity index (χ2v) is 3.44. The second-order valence-electron chi connectivity index (χ2n) is 3.44. The Labute approximate surface area is 89.1 Å². The van der Waals surface area contributed by atoms with Gasteiger partial charge in [0.1, 0.15) is 11.3 Å². The molecule has 1 aromatic heterocycles. The highest BCUT2D eigenvalue weighted by Crippen LogP contribution is 2.29. The molecular weight excluding hydrogens is 196 g/mol. The zero-order valence-corrected chi connectivity index (χ0v) is 9.39. The van der Waals surface area contributed by atoms with E-state index >= 15 is 0 Å². The van der Waals surface area contributed by atoms with Crippen molar-refractivity contribution in [2.45, 2.75) is 25.6 Å². The SMILES string of the molecule is COc1nccnc1C(C)(O)C(C)OC. The lowest BCUT2D eigenvalue weighted by Crippen LogP contribution is -2.37. The molecule has 0 saturated carbocycles. The van der Waals surface area contributed by atoms with Gasteiger partial charge in [-0.25, -0.2) is 4.98 Å². The number of methoxy groups -OCH3 is 2. The van der Waals surface area contributed by atoms with Crippen molar-refractivity contribution in [1.82, 2.24) is 9.97 Å². The molecule has 0 aromatic carbocycles. The maximum atomic E-state index is 10.3. The molecule has 0 aliphatic rings. The van der Waals surface area contributed by atoms with Gasteiger partial charge in [-0.2, -0.15) is 0 Å². The summed E-state index contributed by atoms with van der Waals surface area (Å²) in [5.41, 5.74) is -0.851. The molecule has 0 radical (unpaired) electrons. The van der Waals surface area contributed by atoms with Gasteiger partial charge in [-0.15, -0.1) is 0 Å². The Morgan fingerprint density at radius 3 is 2.47 bits per heavy atom. The number of rotatable bonds is 4. The molecule has 0 bridgehead atoms. The number of hydrogen-bond acceptors (Lipinski definition) is 5. The Bertz CT molecular complexity index is 328. The summed E-state index contributed by atoms with van der Waals surface area (Å²) in [6, 6.07) is 0. The van der Waals surface area contributed by atoms with Crippen molar-refractivity contribution in [3.63, 3.8) is 0 Å².